The maximum Gasteiger partial charge on any atom is 0.267 e. The van der Waals surface area contributed by atoms with E-state index < -0.39 is 0 Å². The molecule has 0 aliphatic carbocycles. The van der Waals surface area contributed by atoms with Gasteiger partial charge in [-0.05, 0) is 38.5 Å². The summed E-state index contributed by atoms with van der Waals surface area (Å²) < 4.78 is 0. The number of carbonyl (C=O) groups excluding carboxylic acids is 1. The van der Waals surface area contributed by atoms with Gasteiger partial charge in [-0.25, -0.2) is 9.97 Å². The Morgan fingerprint density at radius 1 is 1.12 bits per heavy atom. The van der Waals surface area contributed by atoms with Gasteiger partial charge in [-0.2, -0.15) is 0 Å². The van der Waals surface area contributed by atoms with Crippen molar-refractivity contribution < 1.29 is 4.79 Å². The summed E-state index contributed by atoms with van der Waals surface area (Å²) in [5, 5.41) is 5.43. The van der Waals surface area contributed by atoms with Gasteiger partial charge < -0.3 is 10.00 Å². The van der Waals surface area contributed by atoms with E-state index in [4.69, 9.17) is 0 Å². The lowest BCUT2D eigenvalue weighted by atomic mass is 10.1. The number of nitrogens with one attached hydrogen (secondary N) is 2. The molecule has 0 unspecified atom stereocenters. The quantitative estimate of drug-likeness (QED) is 0.709. The second-order valence-corrected chi connectivity index (χ2v) is 6.11. The highest BCUT2D eigenvalue weighted by Gasteiger charge is 2.24. The van der Waals surface area contributed by atoms with E-state index in [-0.39, 0.29) is 11.5 Å². The van der Waals surface area contributed by atoms with E-state index in [0.717, 1.165) is 33.7 Å². The average Bonchev–Trinajstić information content (AvgIpc) is 2.95. The maximum absolute atomic E-state index is 12.8. The molecule has 3 heterocycles. The molecular weight excluding hydrogens is 306 g/mol. The van der Waals surface area contributed by atoms with Crippen molar-refractivity contribution in [2.45, 2.75) is 26.8 Å². The topological polar surface area (TPSA) is 94.7 Å². The first-order chi connectivity index (χ1) is 11.5. The van der Waals surface area contributed by atoms with Crippen molar-refractivity contribution in [3.63, 3.8) is 0 Å². The molecule has 122 valence electrons. The van der Waals surface area contributed by atoms with Crippen LogP contribution >= 0.6 is 0 Å². The number of fused-ring (bicyclic) bond motifs is 2. The number of benzene rings is 1. The molecule has 4 rings (SSSR count). The van der Waals surface area contributed by atoms with Crippen LogP contribution in [0.2, 0.25) is 0 Å². The molecule has 3 aromatic rings. The number of aromatic amines is 2. The van der Waals surface area contributed by atoms with Crippen molar-refractivity contribution in [3.8, 4) is 0 Å². The molecule has 0 radical (unpaired) electrons. The minimum Gasteiger partial charge on any atom is -0.332 e. The van der Waals surface area contributed by atoms with Gasteiger partial charge in [0.05, 0.1) is 34.7 Å². The molecule has 0 bridgehead atoms. The number of hydrogen-bond acceptors (Lipinski definition) is 4. The minimum atomic E-state index is -0.0936. The summed E-state index contributed by atoms with van der Waals surface area (Å²) in [5.74, 6) is -0.0652. The van der Waals surface area contributed by atoms with Crippen LogP contribution in [0.15, 0.2) is 23.0 Å². The number of rotatable bonds is 1. The summed E-state index contributed by atoms with van der Waals surface area (Å²) in [4.78, 5) is 35.1. The molecule has 0 fully saturated rings. The van der Waals surface area contributed by atoms with E-state index in [1.54, 1.807) is 17.0 Å². The van der Waals surface area contributed by atoms with Gasteiger partial charge in [0.2, 0.25) is 0 Å². The molecule has 2 aromatic heterocycles. The van der Waals surface area contributed by atoms with E-state index in [1.807, 2.05) is 19.9 Å². The number of amides is 1. The Morgan fingerprint density at radius 3 is 2.67 bits per heavy atom. The van der Waals surface area contributed by atoms with Crippen LogP contribution in [0, 0.1) is 13.8 Å². The molecule has 1 aliphatic rings. The maximum atomic E-state index is 12.8. The van der Waals surface area contributed by atoms with Crippen LogP contribution in [0.4, 0.5) is 0 Å². The second-order valence-electron chi connectivity index (χ2n) is 6.11. The number of nitrogens with zero attached hydrogens (tertiary/aromatic N) is 3. The van der Waals surface area contributed by atoms with Gasteiger partial charge in [-0.3, -0.25) is 14.7 Å². The van der Waals surface area contributed by atoms with Gasteiger partial charge in [0.25, 0.3) is 11.5 Å². The molecule has 0 spiro atoms. The summed E-state index contributed by atoms with van der Waals surface area (Å²) in [6.07, 6.45) is 0.561. The Hall–Kier alpha value is -2.96. The van der Waals surface area contributed by atoms with Crippen molar-refractivity contribution >= 4 is 16.9 Å². The summed E-state index contributed by atoms with van der Waals surface area (Å²) >= 11 is 0. The number of aryl methyl sites for hydroxylation is 2. The predicted molar refractivity (Wildman–Crippen MR) is 88.9 cm³/mol. The van der Waals surface area contributed by atoms with Gasteiger partial charge >= 0.3 is 0 Å². The smallest absolute Gasteiger partial charge is 0.267 e. The largest absolute Gasteiger partial charge is 0.332 e. The molecule has 2 N–H and O–H groups in total. The lowest BCUT2D eigenvalue weighted by molar-refractivity contribution is 0.0732. The third-order valence-electron chi connectivity index (χ3n) is 4.56. The average molecular weight is 323 g/mol. The third-order valence-corrected chi connectivity index (χ3v) is 4.56. The zero-order valence-electron chi connectivity index (χ0n) is 13.5. The first-order valence-corrected chi connectivity index (χ1v) is 7.85. The van der Waals surface area contributed by atoms with E-state index in [2.05, 4.69) is 20.2 Å². The van der Waals surface area contributed by atoms with Gasteiger partial charge in [0.1, 0.15) is 0 Å². The molecule has 7 nitrogen and oxygen atoms in total. The van der Waals surface area contributed by atoms with E-state index in [1.165, 1.54) is 0 Å². The Labute approximate surface area is 137 Å². The van der Waals surface area contributed by atoms with Crippen molar-refractivity contribution in [2.75, 3.05) is 6.54 Å². The van der Waals surface area contributed by atoms with Gasteiger partial charge in [0, 0.05) is 17.7 Å². The van der Waals surface area contributed by atoms with Crippen LogP contribution in [-0.2, 0) is 13.0 Å². The normalized spacial score (nSPS) is 14.0. The minimum absolute atomic E-state index is 0.0652. The van der Waals surface area contributed by atoms with E-state index in [0.29, 0.717) is 25.1 Å². The highest BCUT2D eigenvalue weighted by atomic mass is 16.2. The van der Waals surface area contributed by atoms with Crippen LogP contribution < -0.4 is 5.56 Å². The van der Waals surface area contributed by atoms with E-state index in [9.17, 15) is 9.59 Å². The Bertz CT molecular complexity index is 1020. The van der Waals surface area contributed by atoms with Crippen LogP contribution in [0.1, 0.15) is 33.0 Å². The molecular formula is C17H17N5O2. The fraction of sp³-hybridized carbons (Fsp3) is 0.294. The van der Waals surface area contributed by atoms with Crippen LogP contribution in [-0.4, -0.2) is 37.5 Å². The molecule has 1 amide bonds. The summed E-state index contributed by atoms with van der Waals surface area (Å²) in [7, 11) is 0. The number of aromatic nitrogens is 4. The fourth-order valence-electron chi connectivity index (χ4n) is 3.06. The Balaban J connectivity index is 1.66. The number of H-pyrrole nitrogens is 2. The Kier molecular flexibility index (Phi) is 3.23. The number of hydrogen-bond donors (Lipinski definition) is 2. The standard InChI is InChI=1S/C17H17N5O2/c1-9-10(2)19-14-7-11(3-4-13(14)18-9)17(24)22-6-5-12-15(8-22)20-21-16(12)23/h3-4,7H,5-6,8H2,1-2H3,(H2,20,21,23). The molecule has 1 aliphatic heterocycles. The van der Waals surface area contributed by atoms with Crippen molar-refractivity contribution in [2.24, 2.45) is 0 Å². The third kappa shape index (κ3) is 2.29. The zero-order valence-corrected chi connectivity index (χ0v) is 13.5. The molecule has 0 atom stereocenters. The molecule has 0 saturated carbocycles. The zero-order chi connectivity index (χ0) is 16.8. The first kappa shape index (κ1) is 14.6. The fourth-order valence-corrected chi connectivity index (χ4v) is 3.06. The molecule has 24 heavy (non-hydrogen) atoms. The predicted octanol–water partition coefficient (Wildman–Crippen LogP) is 1.46. The molecule has 7 heteroatoms. The summed E-state index contributed by atoms with van der Waals surface area (Å²) in [6.45, 7) is 4.77. The summed E-state index contributed by atoms with van der Waals surface area (Å²) in [6, 6.07) is 5.39. The first-order valence-electron chi connectivity index (χ1n) is 7.85. The lowest BCUT2D eigenvalue weighted by Gasteiger charge is -2.26. The Morgan fingerprint density at radius 2 is 1.88 bits per heavy atom. The lowest BCUT2D eigenvalue weighted by Crippen LogP contribution is -2.36. The van der Waals surface area contributed by atoms with Crippen LogP contribution in [0.3, 0.4) is 0 Å². The SMILES string of the molecule is Cc1nc2ccc(C(=O)N3CCc4c([nH][nH]c4=O)C3)cc2nc1C. The van der Waals surface area contributed by atoms with Crippen molar-refractivity contribution in [3.05, 3.63) is 56.8 Å². The molecule has 1 aromatic carbocycles. The van der Waals surface area contributed by atoms with Gasteiger partial charge in [0.15, 0.2) is 0 Å². The number of carbonyl (C=O) groups is 1. The highest BCUT2D eigenvalue weighted by Crippen LogP contribution is 2.19. The van der Waals surface area contributed by atoms with Crippen LogP contribution in [0.25, 0.3) is 11.0 Å². The van der Waals surface area contributed by atoms with Gasteiger partial charge in [-0.1, -0.05) is 0 Å². The van der Waals surface area contributed by atoms with Crippen molar-refractivity contribution in [1.29, 1.82) is 0 Å². The monoisotopic (exact) mass is 323 g/mol. The summed E-state index contributed by atoms with van der Waals surface area (Å²) in [5.41, 5.74) is 5.27. The van der Waals surface area contributed by atoms with Gasteiger partial charge in [-0.15, -0.1) is 0 Å². The highest BCUT2D eigenvalue weighted by molar-refractivity contribution is 5.97. The van der Waals surface area contributed by atoms with E-state index >= 15 is 0 Å². The van der Waals surface area contributed by atoms with Crippen molar-refractivity contribution in [1.82, 2.24) is 25.1 Å². The second kappa shape index (κ2) is 5.30. The van der Waals surface area contributed by atoms with Crippen LogP contribution in [0.5, 0.6) is 0 Å². The molecule has 0 saturated heterocycles.